The normalized spacial score (nSPS) is 11.7. The molecule has 1 amide bonds. The molecule has 0 bridgehead atoms. The Labute approximate surface area is 198 Å². The maximum Gasteiger partial charge on any atom is 0.237 e. The van der Waals surface area contributed by atoms with E-state index in [9.17, 15) is 4.79 Å². The number of benzene rings is 3. The minimum atomic E-state index is -0.350. The number of nitrogens with one attached hydrogen (secondary N) is 2. The molecule has 0 saturated heterocycles. The van der Waals surface area contributed by atoms with E-state index in [2.05, 4.69) is 58.9 Å². The summed E-state index contributed by atoms with van der Waals surface area (Å²) in [4.78, 5) is 12.8. The summed E-state index contributed by atoms with van der Waals surface area (Å²) in [7, 11) is 0. The van der Waals surface area contributed by atoms with E-state index in [1.807, 2.05) is 66.1 Å². The largest absolute Gasteiger partial charge is 0.378 e. The molecule has 0 radical (unpaired) electrons. The van der Waals surface area contributed by atoms with Gasteiger partial charge < -0.3 is 10.6 Å². The predicted molar refractivity (Wildman–Crippen MR) is 135 cm³/mol. The van der Waals surface area contributed by atoms with Crippen molar-refractivity contribution in [2.45, 2.75) is 37.7 Å². The first-order chi connectivity index (χ1) is 16.0. The molecule has 6 nitrogen and oxygen atoms in total. The van der Waals surface area contributed by atoms with Crippen LogP contribution in [-0.4, -0.2) is 25.9 Å². The van der Waals surface area contributed by atoms with Crippen LogP contribution < -0.4 is 10.6 Å². The van der Waals surface area contributed by atoms with Crippen molar-refractivity contribution < 1.29 is 4.79 Å². The van der Waals surface area contributed by atoms with E-state index in [1.54, 1.807) is 0 Å². The first-order valence-electron chi connectivity index (χ1n) is 10.8. The van der Waals surface area contributed by atoms with Crippen molar-refractivity contribution in [3.63, 3.8) is 0 Å². The van der Waals surface area contributed by atoms with Crippen molar-refractivity contribution in [3.05, 3.63) is 95.8 Å². The molecule has 1 unspecified atom stereocenters. The second-order valence-electron chi connectivity index (χ2n) is 7.90. The van der Waals surface area contributed by atoms with Gasteiger partial charge in [0.15, 0.2) is 11.0 Å². The third-order valence-electron chi connectivity index (χ3n) is 5.19. The Hall–Kier alpha value is -3.58. The Kier molecular flexibility index (Phi) is 7.10. The highest BCUT2D eigenvalue weighted by molar-refractivity contribution is 8.00. The number of aryl methyl sites for hydroxylation is 2. The van der Waals surface area contributed by atoms with Gasteiger partial charge in [-0.3, -0.25) is 9.36 Å². The zero-order valence-electron chi connectivity index (χ0n) is 18.9. The summed E-state index contributed by atoms with van der Waals surface area (Å²) in [5.41, 5.74) is 5.15. The van der Waals surface area contributed by atoms with E-state index in [4.69, 9.17) is 0 Å². The van der Waals surface area contributed by atoms with Gasteiger partial charge in [0.1, 0.15) is 0 Å². The molecule has 168 valence electrons. The highest BCUT2D eigenvalue weighted by atomic mass is 32.2. The van der Waals surface area contributed by atoms with Gasteiger partial charge in [-0.2, -0.15) is 0 Å². The number of rotatable bonds is 8. The van der Waals surface area contributed by atoms with Crippen LogP contribution in [0, 0.1) is 13.8 Å². The molecular formula is C26H27N5OS. The highest BCUT2D eigenvalue weighted by Gasteiger charge is 2.21. The highest BCUT2D eigenvalue weighted by Crippen LogP contribution is 2.27. The molecule has 0 saturated carbocycles. The Bertz CT molecular complexity index is 1200. The number of para-hydroxylation sites is 1. The van der Waals surface area contributed by atoms with Gasteiger partial charge in [0.05, 0.1) is 11.8 Å². The van der Waals surface area contributed by atoms with Gasteiger partial charge in [-0.1, -0.05) is 65.4 Å². The van der Waals surface area contributed by atoms with E-state index >= 15 is 0 Å². The molecule has 7 heteroatoms. The Morgan fingerprint density at radius 1 is 0.879 bits per heavy atom. The smallest absolute Gasteiger partial charge is 0.237 e. The molecule has 1 atom stereocenters. The zero-order chi connectivity index (χ0) is 23.2. The molecular weight excluding hydrogens is 430 g/mol. The number of aromatic nitrogens is 3. The van der Waals surface area contributed by atoms with Crippen LogP contribution in [0.4, 0.5) is 11.4 Å². The molecule has 33 heavy (non-hydrogen) atoms. The summed E-state index contributed by atoms with van der Waals surface area (Å²) in [6.45, 7) is 6.51. The second kappa shape index (κ2) is 10.4. The third kappa shape index (κ3) is 5.81. The van der Waals surface area contributed by atoms with Crippen LogP contribution in [-0.2, 0) is 11.3 Å². The van der Waals surface area contributed by atoms with Crippen LogP contribution in [0.2, 0.25) is 0 Å². The number of hydrogen-bond donors (Lipinski definition) is 2. The van der Waals surface area contributed by atoms with Gasteiger partial charge in [-0.25, -0.2) is 0 Å². The number of nitrogens with zero attached hydrogens (tertiary/aromatic N) is 3. The molecule has 4 aromatic rings. The lowest BCUT2D eigenvalue weighted by Crippen LogP contribution is -2.23. The lowest BCUT2D eigenvalue weighted by atomic mass is 10.2. The molecule has 0 fully saturated rings. The Morgan fingerprint density at radius 2 is 1.52 bits per heavy atom. The number of thioether (sulfide) groups is 1. The molecule has 0 spiro atoms. The second-order valence-corrected chi connectivity index (χ2v) is 9.21. The van der Waals surface area contributed by atoms with Gasteiger partial charge >= 0.3 is 0 Å². The van der Waals surface area contributed by atoms with Crippen LogP contribution in [0.15, 0.2) is 84.0 Å². The molecule has 0 aliphatic heterocycles. The number of amides is 1. The minimum absolute atomic E-state index is 0.0796. The first kappa shape index (κ1) is 22.6. The first-order valence-corrected chi connectivity index (χ1v) is 11.7. The summed E-state index contributed by atoms with van der Waals surface area (Å²) >= 11 is 1.39. The third-order valence-corrected chi connectivity index (χ3v) is 6.23. The van der Waals surface area contributed by atoms with Crippen molar-refractivity contribution >= 4 is 29.0 Å². The van der Waals surface area contributed by atoms with Crippen molar-refractivity contribution in [3.8, 4) is 5.69 Å². The molecule has 0 aliphatic rings. The monoisotopic (exact) mass is 457 g/mol. The van der Waals surface area contributed by atoms with Crippen LogP contribution in [0.3, 0.4) is 0 Å². The van der Waals surface area contributed by atoms with Gasteiger partial charge in [0.25, 0.3) is 0 Å². The molecule has 3 aromatic carbocycles. The lowest BCUT2D eigenvalue weighted by Gasteiger charge is -2.14. The van der Waals surface area contributed by atoms with Gasteiger partial charge in [0.2, 0.25) is 5.91 Å². The average molecular weight is 458 g/mol. The SMILES string of the molecule is Cc1ccc(NCc2nnc(SC(C)C(=O)Nc3ccccc3)n2-c2ccc(C)cc2)cc1. The molecule has 1 heterocycles. The molecule has 4 rings (SSSR count). The van der Waals surface area contributed by atoms with Crippen molar-refractivity contribution in [2.75, 3.05) is 10.6 Å². The lowest BCUT2D eigenvalue weighted by molar-refractivity contribution is -0.115. The average Bonchev–Trinajstić information content (AvgIpc) is 3.22. The van der Waals surface area contributed by atoms with E-state index in [-0.39, 0.29) is 11.2 Å². The van der Waals surface area contributed by atoms with Crippen molar-refractivity contribution in [2.24, 2.45) is 0 Å². The number of anilines is 2. The molecule has 2 N–H and O–H groups in total. The number of carbonyl (C=O) groups is 1. The van der Waals surface area contributed by atoms with Crippen LogP contribution in [0.1, 0.15) is 23.9 Å². The summed E-state index contributed by atoms with van der Waals surface area (Å²) in [6.07, 6.45) is 0. The Balaban J connectivity index is 1.55. The maximum atomic E-state index is 12.8. The predicted octanol–water partition coefficient (Wildman–Crippen LogP) is 5.62. The van der Waals surface area contributed by atoms with Crippen molar-refractivity contribution in [1.82, 2.24) is 14.8 Å². The van der Waals surface area contributed by atoms with Gasteiger partial charge in [-0.15, -0.1) is 10.2 Å². The fraction of sp³-hybridized carbons (Fsp3) is 0.192. The fourth-order valence-electron chi connectivity index (χ4n) is 3.27. The topological polar surface area (TPSA) is 71.8 Å². The van der Waals surface area contributed by atoms with E-state index in [0.29, 0.717) is 11.7 Å². The van der Waals surface area contributed by atoms with Crippen molar-refractivity contribution in [1.29, 1.82) is 0 Å². The summed E-state index contributed by atoms with van der Waals surface area (Å²) < 4.78 is 2.01. The molecule has 1 aromatic heterocycles. The maximum absolute atomic E-state index is 12.8. The Morgan fingerprint density at radius 3 is 2.18 bits per heavy atom. The fourth-order valence-corrected chi connectivity index (χ4v) is 4.16. The van der Waals surface area contributed by atoms with Crippen LogP contribution in [0.25, 0.3) is 5.69 Å². The number of carbonyl (C=O) groups excluding carboxylic acids is 1. The van der Waals surface area contributed by atoms with E-state index in [1.165, 1.54) is 22.9 Å². The standard InChI is InChI=1S/C26H27N5OS/c1-18-9-13-21(14-10-18)27-17-24-29-30-26(31(24)23-15-11-19(2)12-16-23)33-20(3)25(32)28-22-7-5-4-6-8-22/h4-16,20,27H,17H2,1-3H3,(H,28,32). The zero-order valence-corrected chi connectivity index (χ0v) is 19.8. The van der Waals surface area contributed by atoms with E-state index in [0.717, 1.165) is 22.9 Å². The summed E-state index contributed by atoms with van der Waals surface area (Å²) in [6, 6.07) is 25.9. The van der Waals surface area contributed by atoms with Gasteiger partial charge in [-0.05, 0) is 57.2 Å². The van der Waals surface area contributed by atoms with Crippen LogP contribution in [0.5, 0.6) is 0 Å². The molecule has 0 aliphatic carbocycles. The van der Waals surface area contributed by atoms with E-state index < -0.39 is 0 Å². The summed E-state index contributed by atoms with van der Waals surface area (Å²) in [5, 5.41) is 15.6. The van der Waals surface area contributed by atoms with Gasteiger partial charge in [0, 0.05) is 17.1 Å². The summed E-state index contributed by atoms with van der Waals surface area (Å²) in [5.74, 6) is 0.696. The quantitative estimate of drug-likeness (QED) is 0.336. The van der Waals surface area contributed by atoms with Crippen LogP contribution >= 0.6 is 11.8 Å². The number of hydrogen-bond acceptors (Lipinski definition) is 5. The minimum Gasteiger partial charge on any atom is -0.378 e.